The van der Waals surface area contributed by atoms with Gasteiger partial charge in [0.1, 0.15) is 0 Å². The van der Waals surface area contributed by atoms with Crippen molar-refractivity contribution in [3.8, 4) is 0 Å². The fraction of sp³-hybridized carbons (Fsp3) is 0.900. The summed E-state index contributed by atoms with van der Waals surface area (Å²) in [6.07, 6.45) is 0. The Labute approximate surface area is 81.1 Å². The number of hydrogen-bond donors (Lipinski definition) is 2. The molecule has 0 saturated heterocycles. The number of rotatable bonds is 4. The van der Waals surface area contributed by atoms with Crippen molar-refractivity contribution in [3.05, 3.63) is 0 Å². The summed E-state index contributed by atoms with van der Waals surface area (Å²) >= 11 is 0. The van der Waals surface area contributed by atoms with Crippen LogP contribution in [0.25, 0.3) is 0 Å². The van der Waals surface area contributed by atoms with Crippen molar-refractivity contribution < 1.29 is 4.79 Å². The molecule has 1 amide bonds. The van der Waals surface area contributed by atoms with Gasteiger partial charge in [0.25, 0.3) is 0 Å². The highest BCUT2D eigenvalue weighted by molar-refractivity contribution is 5.81. The molecule has 0 aliphatic carbocycles. The first-order valence-corrected chi connectivity index (χ1v) is 4.92. The van der Waals surface area contributed by atoms with Gasteiger partial charge < -0.3 is 11.1 Å². The first-order chi connectivity index (χ1) is 5.86. The largest absolute Gasteiger partial charge is 0.352 e. The van der Waals surface area contributed by atoms with Crippen LogP contribution < -0.4 is 11.1 Å². The van der Waals surface area contributed by atoms with Crippen LogP contribution in [0.2, 0.25) is 0 Å². The van der Waals surface area contributed by atoms with Crippen LogP contribution in [0.4, 0.5) is 0 Å². The van der Waals surface area contributed by atoms with E-state index in [1.54, 1.807) is 6.92 Å². The molecule has 0 heterocycles. The monoisotopic (exact) mass is 186 g/mol. The average Bonchev–Trinajstić information content (AvgIpc) is 1.97. The molecule has 0 aliphatic heterocycles. The Kier molecular flexibility index (Phi) is 4.99. The summed E-state index contributed by atoms with van der Waals surface area (Å²) in [6, 6.07) is -0.196. The van der Waals surface area contributed by atoms with Gasteiger partial charge in [-0.05, 0) is 18.8 Å². The van der Waals surface area contributed by atoms with Crippen molar-refractivity contribution in [1.82, 2.24) is 5.32 Å². The minimum absolute atomic E-state index is 0.0626. The summed E-state index contributed by atoms with van der Waals surface area (Å²) in [6.45, 7) is 10.1. The third-order valence-corrected chi connectivity index (χ3v) is 2.16. The highest BCUT2D eigenvalue weighted by atomic mass is 16.2. The maximum Gasteiger partial charge on any atom is 0.236 e. The van der Waals surface area contributed by atoms with E-state index in [0.717, 1.165) is 0 Å². The van der Waals surface area contributed by atoms with E-state index in [4.69, 9.17) is 5.73 Å². The molecule has 3 N–H and O–H groups in total. The molecule has 0 aromatic rings. The number of carbonyl (C=O) groups excluding carboxylic acids is 1. The minimum atomic E-state index is -0.417. The second-order valence-corrected chi connectivity index (χ2v) is 4.31. The van der Waals surface area contributed by atoms with Crippen molar-refractivity contribution in [3.63, 3.8) is 0 Å². The zero-order valence-electron chi connectivity index (χ0n) is 9.29. The Hall–Kier alpha value is -0.570. The summed E-state index contributed by atoms with van der Waals surface area (Å²) in [5.74, 6) is 0.831. The molecule has 0 aromatic carbocycles. The topological polar surface area (TPSA) is 55.1 Å². The zero-order chi connectivity index (χ0) is 10.6. The second kappa shape index (κ2) is 5.22. The van der Waals surface area contributed by atoms with Gasteiger partial charge >= 0.3 is 0 Å². The van der Waals surface area contributed by atoms with E-state index >= 15 is 0 Å². The molecule has 0 aliphatic rings. The summed E-state index contributed by atoms with van der Waals surface area (Å²) in [4.78, 5) is 11.3. The molecule has 0 radical (unpaired) electrons. The van der Waals surface area contributed by atoms with Crippen LogP contribution >= 0.6 is 0 Å². The lowest BCUT2D eigenvalue weighted by Gasteiger charge is -2.26. The van der Waals surface area contributed by atoms with Crippen molar-refractivity contribution in [2.75, 3.05) is 0 Å². The van der Waals surface area contributed by atoms with E-state index in [2.05, 4.69) is 33.0 Å². The summed E-state index contributed by atoms with van der Waals surface area (Å²) in [7, 11) is 0. The van der Waals surface area contributed by atoms with E-state index in [9.17, 15) is 4.79 Å². The Morgan fingerprint density at radius 3 is 1.69 bits per heavy atom. The molecule has 78 valence electrons. The minimum Gasteiger partial charge on any atom is -0.352 e. The fourth-order valence-electron chi connectivity index (χ4n) is 1.40. The van der Waals surface area contributed by atoms with Gasteiger partial charge in [-0.15, -0.1) is 0 Å². The first-order valence-electron chi connectivity index (χ1n) is 4.92. The number of hydrogen-bond acceptors (Lipinski definition) is 2. The Bertz CT molecular complexity index is 156. The van der Waals surface area contributed by atoms with Gasteiger partial charge in [-0.25, -0.2) is 0 Å². The molecule has 0 saturated carbocycles. The lowest BCUT2D eigenvalue weighted by atomic mass is 9.93. The third-order valence-electron chi connectivity index (χ3n) is 2.16. The van der Waals surface area contributed by atoms with Crippen LogP contribution in [0.3, 0.4) is 0 Å². The summed E-state index contributed by atoms with van der Waals surface area (Å²) in [5, 5.41) is 2.95. The first kappa shape index (κ1) is 12.4. The zero-order valence-corrected chi connectivity index (χ0v) is 9.29. The Morgan fingerprint density at radius 2 is 1.46 bits per heavy atom. The Balaban J connectivity index is 4.19. The van der Waals surface area contributed by atoms with Gasteiger partial charge in [-0.1, -0.05) is 27.7 Å². The maximum atomic E-state index is 11.3. The van der Waals surface area contributed by atoms with E-state index in [1.165, 1.54) is 0 Å². The Morgan fingerprint density at radius 1 is 1.08 bits per heavy atom. The molecule has 3 heteroatoms. The highest BCUT2D eigenvalue weighted by Crippen LogP contribution is 2.11. The van der Waals surface area contributed by atoms with Crippen molar-refractivity contribution in [2.45, 2.75) is 46.7 Å². The fourth-order valence-corrected chi connectivity index (χ4v) is 1.40. The predicted molar refractivity (Wildman–Crippen MR) is 55.3 cm³/mol. The number of nitrogens with one attached hydrogen (secondary N) is 1. The summed E-state index contributed by atoms with van der Waals surface area (Å²) in [5.41, 5.74) is 5.47. The number of carbonyl (C=O) groups is 1. The van der Waals surface area contributed by atoms with Gasteiger partial charge in [0.05, 0.1) is 6.04 Å². The predicted octanol–water partition coefficient (Wildman–Crippen LogP) is 1.13. The van der Waals surface area contributed by atoms with E-state index in [1.807, 2.05) is 0 Å². The van der Waals surface area contributed by atoms with Gasteiger partial charge in [0.2, 0.25) is 5.91 Å². The molecule has 0 bridgehead atoms. The van der Waals surface area contributed by atoms with Crippen molar-refractivity contribution in [1.29, 1.82) is 0 Å². The summed E-state index contributed by atoms with van der Waals surface area (Å²) < 4.78 is 0. The van der Waals surface area contributed by atoms with Crippen LogP contribution in [0.5, 0.6) is 0 Å². The number of amides is 1. The van der Waals surface area contributed by atoms with Crippen LogP contribution in [0.1, 0.15) is 34.6 Å². The molecule has 0 unspecified atom stereocenters. The highest BCUT2D eigenvalue weighted by Gasteiger charge is 2.20. The average molecular weight is 186 g/mol. The quantitative estimate of drug-likeness (QED) is 0.691. The van der Waals surface area contributed by atoms with Crippen LogP contribution in [-0.2, 0) is 4.79 Å². The molecular formula is C10H22N2O. The lowest BCUT2D eigenvalue weighted by molar-refractivity contribution is -0.123. The molecule has 13 heavy (non-hydrogen) atoms. The molecule has 0 spiro atoms. The van der Waals surface area contributed by atoms with Crippen molar-refractivity contribution >= 4 is 5.91 Å². The van der Waals surface area contributed by atoms with Gasteiger partial charge in [0, 0.05) is 6.04 Å². The smallest absolute Gasteiger partial charge is 0.236 e. The number of nitrogens with two attached hydrogens (primary N) is 1. The van der Waals surface area contributed by atoms with Crippen LogP contribution in [-0.4, -0.2) is 18.0 Å². The van der Waals surface area contributed by atoms with Crippen molar-refractivity contribution in [2.24, 2.45) is 17.6 Å². The van der Waals surface area contributed by atoms with Gasteiger partial charge in [0.15, 0.2) is 0 Å². The van der Waals surface area contributed by atoms with Gasteiger partial charge in [-0.3, -0.25) is 4.79 Å². The van der Waals surface area contributed by atoms with Crippen LogP contribution in [0.15, 0.2) is 0 Å². The lowest BCUT2D eigenvalue weighted by Crippen LogP contribution is -2.48. The molecule has 0 aromatic heterocycles. The molecule has 3 nitrogen and oxygen atoms in total. The van der Waals surface area contributed by atoms with Crippen LogP contribution in [0, 0.1) is 11.8 Å². The molecular weight excluding hydrogens is 164 g/mol. The van der Waals surface area contributed by atoms with Gasteiger partial charge in [-0.2, -0.15) is 0 Å². The standard InChI is InChI=1S/C10H22N2O/c1-6(2)9(7(3)4)12-10(13)8(5)11/h6-9H,11H2,1-5H3,(H,12,13)/t8-/m0/s1. The normalized spacial score (nSPS) is 13.9. The molecule has 0 fully saturated rings. The van der Waals surface area contributed by atoms with E-state index in [-0.39, 0.29) is 11.9 Å². The van der Waals surface area contributed by atoms with E-state index in [0.29, 0.717) is 11.8 Å². The molecule has 0 rings (SSSR count). The third kappa shape index (κ3) is 4.27. The van der Waals surface area contributed by atoms with E-state index < -0.39 is 6.04 Å². The maximum absolute atomic E-state index is 11.3. The molecule has 1 atom stereocenters. The SMILES string of the molecule is CC(C)C(NC(=O)[C@H](C)N)C(C)C. The second-order valence-electron chi connectivity index (χ2n) is 4.31.